The van der Waals surface area contributed by atoms with Gasteiger partial charge >= 0.3 is 14.7 Å². The molecule has 8 heteroatoms. The molecule has 1 rings (SSSR count). The molecule has 0 amide bonds. The summed E-state index contributed by atoms with van der Waals surface area (Å²) in [5.74, 6) is 0. The summed E-state index contributed by atoms with van der Waals surface area (Å²) in [6.45, 7) is 14.9. The molecule has 24 heavy (non-hydrogen) atoms. The van der Waals surface area contributed by atoms with Crippen LogP contribution in [0.4, 0.5) is 13.2 Å². The molecule has 0 atom stereocenters. The Labute approximate surface area is 146 Å². The molecule has 0 saturated heterocycles. The van der Waals surface area contributed by atoms with Gasteiger partial charge in [-0.3, -0.25) is 0 Å². The van der Waals surface area contributed by atoms with Gasteiger partial charge in [0.15, 0.2) is 16.6 Å². The molecule has 0 radical (unpaired) electrons. The number of benzene rings is 1. The van der Waals surface area contributed by atoms with E-state index in [0.717, 1.165) is 23.7 Å². The van der Waals surface area contributed by atoms with Crippen molar-refractivity contribution in [2.75, 3.05) is 0 Å². The molecule has 0 aliphatic rings. The second-order valence-corrected chi connectivity index (χ2v) is 21.1. The fraction of sp³-hybridized carbons (Fsp3) is 0.625. The molecule has 0 fully saturated rings. The molecule has 0 aromatic heterocycles. The van der Waals surface area contributed by atoms with E-state index in [1.165, 1.54) is 0 Å². The van der Waals surface area contributed by atoms with Gasteiger partial charge in [0.25, 0.3) is 0 Å². The van der Waals surface area contributed by atoms with E-state index in [1.54, 1.807) is 12.1 Å². The van der Waals surface area contributed by atoms with Gasteiger partial charge in [0.1, 0.15) is 0 Å². The minimum atomic E-state index is -4.29. The number of aryl methyl sites for hydroxylation is 1. The zero-order valence-electron chi connectivity index (χ0n) is 15.7. The van der Waals surface area contributed by atoms with Gasteiger partial charge in [-0.1, -0.05) is 12.1 Å². The molecule has 2 nitrogen and oxygen atoms in total. The topological polar surface area (TPSA) is 18.5 Å². The van der Waals surface area contributed by atoms with Gasteiger partial charge in [0.05, 0.1) is 5.56 Å². The Morgan fingerprint density at radius 3 is 1.54 bits per heavy atom. The maximum Gasteiger partial charge on any atom is 0.416 e. The van der Waals surface area contributed by atoms with Gasteiger partial charge in [-0.15, -0.1) is 0 Å². The summed E-state index contributed by atoms with van der Waals surface area (Å²) in [7, 11) is -5.86. The zero-order valence-corrected chi connectivity index (χ0v) is 18.7. The molecule has 0 N–H and O–H groups in total. The van der Waals surface area contributed by atoms with E-state index in [9.17, 15) is 13.2 Å². The van der Waals surface area contributed by atoms with E-state index < -0.39 is 36.9 Å². The molecule has 0 spiro atoms. The van der Waals surface area contributed by atoms with E-state index >= 15 is 0 Å². The quantitative estimate of drug-likeness (QED) is 0.526. The molecule has 0 aliphatic carbocycles. The van der Waals surface area contributed by atoms with Crippen LogP contribution in [0.1, 0.15) is 11.1 Å². The highest BCUT2D eigenvalue weighted by Crippen LogP contribution is 2.30. The van der Waals surface area contributed by atoms with Crippen molar-refractivity contribution in [1.82, 2.24) is 0 Å². The monoisotopic (exact) mass is 394 g/mol. The van der Waals surface area contributed by atoms with Crippen LogP contribution in [0, 0.1) is 0 Å². The van der Waals surface area contributed by atoms with Crippen molar-refractivity contribution in [1.29, 1.82) is 0 Å². The first-order valence-corrected chi connectivity index (χ1v) is 17.5. The predicted molar refractivity (Wildman–Crippen MR) is 100 cm³/mol. The summed E-state index contributed by atoms with van der Waals surface area (Å²) in [5, 5.41) is 0. The second kappa shape index (κ2) is 7.45. The van der Waals surface area contributed by atoms with Gasteiger partial charge in [-0.25, -0.2) is 0 Å². The Hall–Kier alpha value is -0.419. The highest BCUT2D eigenvalue weighted by atomic mass is 28.5. The summed E-state index contributed by atoms with van der Waals surface area (Å²) in [4.78, 5) is 0. The van der Waals surface area contributed by atoms with Crippen LogP contribution in [0.5, 0.6) is 0 Å². The predicted octanol–water partition coefficient (Wildman–Crippen LogP) is 6.02. The van der Waals surface area contributed by atoms with Gasteiger partial charge in [0, 0.05) is 0 Å². The van der Waals surface area contributed by atoms with Crippen LogP contribution in [-0.4, -0.2) is 25.2 Å². The largest absolute Gasteiger partial charge is 0.437 e. The third-order valence-corrected chi connectivity index (χ3v) is 12.7. The van der Waals surface area contributed by atoms with Gasteiger partial charge in [-0.2, -0.15) is 13.2 Å². The van der Waals surface area contributed by atoms with Crippen LogP contribution in [0.25, 0.3) is 0 Å². The Bertz CT molecular complexity index is 515. The van der Waals surface area contributed by atoms with Crippen molar-refractivity contribution in [3.63, 3.8) is 0 Å². The Kier molecular flexibility index (Phi) is 6.71. The van der Waals surface area contributed by atoms with Crippen LogP contribution in [0.3, 0.4) is 0 Å². The third-order valence-electron chi connectivity index (χ3n) is 3.19. The number of alkyl halides is 3. The lowest BCUT2D eigenvalue weighted by molar-refractivity contribution is -0.137. The molecule has 1 aromatic carbocycles. The van der Waals surface area contributed by atoms with Crippen LogP contribution >= 0.6 is 0 Å². The molecular weight excluding hydrogens is 365 g/mol. The van der Waals surface area contributed by atoms with E-state index in [-0.39, 0.29) is 0 Å². The smallest absolute Gasteiger partial charge is 0.416 e. The van der Waals surface area contributed by atoms with Crippen molar-refractivity contribution in [3.05, 3.63) is 35.4 Å². The van der Waals surface area contributed by atoms with Gasteiger partial charge in [-0.05, 0) is 76.0 Å². The summed E-state index contributed by atoms with van der Waals surface area (Å²) in [6, 6.07) is 6.16. The first-order valence-electron chi connectivity index (χ1n) is 8.16. The highest BCUT2D eigenvalue weighted by Gasteiger charge is 2.40. The van der Waals surface area contributed by atoms with Crippen molar-refractivity contribution < 1.29 is 21.4 Å². The van der Waals surface area contributed by atoms with Crippen LogP contribution < -0.4 is 0 Å². The molecular formula is C16H29F3O2Si3. The lowest BCUT2D eigenvalue weighted by Crippen LogP contribution is -2.52. The fourth-order valence-electron chi connectivity index (χ4n) is 2.65. The Morgan fingerprint density at radius 1 is 0.792 bits per heavy atom. The fourth-order valence-corrected chi connectivity index (χ4v) is 15.1. The minimum absolute atomic E-state index is 0.608. The van der Waals surface area contributed by atoms with E-state index in [0.29, 0.717) is 6.42 Å². The Balaban J connectivity index is 2.84. The van der Waals surface area contributed by atoms with Crippen LogP contribution in [-0.2, 0) is 20.8 Å². The lowest BCUT2D eigenvalue weighted by atomic mass is 10.1. The van der Waals surface area contributed by atoms with Crippen molar-refractivity contribution in [3.8, 4) is 0 Å². The number of hydrogen-bond donors (Lipinski definition) is 0. The summed E-state index contributed by atoms with van der Waals surface area (Å²) < 4.78 is 50.7. The lowest BCUT2D eigenvalue weighted by Gasteiger charge is -2.38. The maximum atomic E-state index is 12.6. The molecule has 0 saturated carbocycles. The standard InChI is InChI=1S/C16H29F3O2Si3/c1-22(2,3)20-24(7,21-23(4,5)6)13-12-14-8-10-15(11-9-14)16(17,18)19/h8-11H,12-13H2,1-7H3. The summed E-state index contributed by atoms with van der Waals surface area (Å²) in [6.07, 6.45) is -3.61. The normalized spacial score (nSPS) is 14.1. The summed E-state index contributed by atoms with van der Waals surface area (Å²) >= 11 is 0. The van der Waals surface area contributed by atoms with E-state index in [2.05, 4.69) is 45.8 Å². The van der Waals surface area contributed by atoms with Crippen LogP contribution in [0.2, 0.25) is 51.9 Å². The molecule has 138 valence electrons. The molecule has 0 aliphatic heterocycles. The third kappa shape index (κ3) is 8.11. The zero-order chi connectivity index (χ0) is 18.8. The maximum absolute atomic E-state index is 12.6. The van der Waals surface area contributed by atoms with Crippen molar-refractivity contribution >= 4 is 25.2 Å². The van der Waals surface area contributed by atoms with Crippen molar-refractivity contribution in [2.45, 2.75) is 64.5 Å². The molecule has 0 unspecified atom stereocenters. The number of rotatable bonds is 7. The second-order valence-electron chi connectivity index (χ2n) is 8.26. The number of hydrogen-bond acceptors (Lipinski definition) is 2. The van der Waals surface area contributed by atoms with Gasteiger partial charge in [0.2, 0.25) is 0 Å². The highest BCUT2D eigenvalue weighted by molar-refractivity contribution is 6.87. The SMILES string of the molecule is C[Si](C)(C)O[Si](C)(CCc1ccc(C(F)(F)F)cc1)O[Si](C)(C)C. The van der Waals surface area contributed by atoms with E-state index in [1.807, 2.05) is 0 Å². The Morgan fingerprint density at radius 2 is 1.21 bits per heavy atom. The molecule has 0 heterocycles. The first kappa shape index (κ1) is 21.6. The van der Waals surface area contributed by atoms with E-state index in [4.69, 9.17) is 8.23 Å². The molecule has 0 bridgehead atoms. The van der Waals surface area contributed by atoms with Crippen LogP contribution in [0.15, 0.2) is 24.3 Å². The average molecular weight is 395 g/mol. The minimum Gasteiger partial charge on any atom is -0.437 e. The van der Waals surface area contributed by atoms with Crippen molar-refractivity contribution in [2.24, 2.45) is 0 Å². The van der Waals surface area contributed by atoms with Gasteiger partial charge < -0.3 is 8.23 Å². The number of halogens is 3. The molecule has 1 aromatic rings. The first-order chi connectivity index (χ1) is 10.6. The summed E-state index contributed by atoms with van der Waals surface area (Å²) in [5.41, 5.74) is 0.281. The average Bonchev–Trinajstić information content (AvgIpc) is 2.31.